The number of amides is 1. The van der Waals surface area contributed by atoms with E-state index in [1.807, 2.05) is 40.2 Å². The molecule has 1 atom stereocenters. The van der Waals surface area contributed by atoms with Crippen molar-refractivity contribution in [1.82, 2.24) is 25.3 Å². The molecular formula is C16H29IN6O2. The number of ether oxygens (including phenoxy) is 1. The number of guanidine groups is 1. The Morgan fingerprint density at radius 3 is 2.76 bits per heavy atom. The molecule has 0 aromatic carbocycles. The highest BCUT2D eigenvalue weighted by molar-refractivity contribution is 14.0. The van der Waals surface area contributed by atoms with Gasteiger partial charge >= 0.3 is 0 Å². The predicted octanol–water partition coefficient (Wildman–Crippen LogP) is 0.902. The lowest BCUT2D eigenvalue weighted by molar-refractivity contribution is -0.121. The zero-order valence-electron chi connectivity index (χ0n) is 15.6. The van der Waals surface area contributed by atoms with Crippen LogP contribution >= 0.6 is 24.0 Å². The summed E-state index contributed by atoms with van der Waals surface area (Å²) in [6.45, 7) is 8.08. The van der Waals surface area contributed by atoms with Crippen molar-refractivity contribution in [2.24, 2.45) is 12.0 Å². The van der Waals surface area contributed by atoms with E-state index in [0.717, 1.165) is 12.1 Å². The first-order chi connectivity index (χ1) is 11.3. The second kappa shape index (κ2) is 9.37. The molecule has 142 valence electrons. The van der Waals surface area contributed by atoms with E-state index in [1.165, 1.54) is 0 Å². The van der Waals surface area contributed by atoms with Gasteiger partial charge in [-0.1, -0.05) is 0 Å². The monoisotopic (exact) mass is 464 g/mol. The van der Waals surface area contributed by atoms with Crippen LogP contribution < -0.4 is 10.6 Å². The fourth-order valence-electron chi connectivity index (χ4n) is 2.60. The summed E-state index contributed by atoms with van der Waals surface area (Å²) in [5, 5.41) is 10.2. The van der Waals surface area contributed by atoms with Crippen molar-refractivity contribution in [3.63, 3.8) is 0 Å². The number of aliphatic imine (C=N–C) groups is 1. The topological polar surface area (TPSA) is 83.8 Å². The van der Waals surface area contributed by atoms with Gasteiger partial charge in [0.25, 0.3) is 0 Å². The second-order valence-corrected chi connectivity index (χ2v) is 6.95. The minimum atomic E-state index is -0.243. The van der Waals surface area contributed by atoms with Crippen molar-refractivity contribution in [2.75, 3.05) is 33.3 Å². The highest BCUT2D eigenvalue weighted by Gasteiger charge is 2.25. The van der Waals surface area contributed by atoms with Gasteiger partial charge in [0.15, 0.2) is 5.96 Å². The molecule has 1 fully saturated rings. The zero-order valence-corrected chi connectivity index (χ0v) is 17.9. The van der Waals surface area contributed by atoms with Crippen molar-refractivity contribution in [1.29, 1.82) is 0 Å². The normalized spacial score (nSPS) is 18.5. The molecule has 1 aliphatic rings. The van der Waals surface area contributed by atoms with E-state index in [0.29, 0.717) is 19.1 Å². The lowest BCUT2D eigenvalue weighted by atomic mass is 10.1. The molecule has 0 aliphatic carbocycles. The molecule has 1 unspecified atom stereocenters. The number of morpholine rings is 1. The summed E-state index contributed by atoms with van der Waals surface area (Å²) in [6.07, 6.45) is 3.73. The van der Waals surface area contributed by atoms with Crippen LogP contribution in [-0.2, 0) is 16.6 Å². The molecular weight excluding hydrogens is 435 g/mol. The summed E-state index contributed by atoms with van der Waals surface area (Å²) >= 11 is 0. The Labute approximate surface area is 166 Å². The predicted molar refractivity (Wildman–Crippen MR) is 108 cm³/mol. The van der Waals surface area contributed by atoms with Gasteiger partial charge in [0.1, 0.15) is 6.10 Å². The van der Waals surface area contributed by atoms with Gasteiger partial charge in [-0.2, -0.15) is 5.10 Å². The Balaban J connectivity index is 0.00000312. The van der Waals surface area contributed by atoms with Gasteiger partial charge in [-0.25, -0.2) is 0 Å². The standard InChI is InChI=1S/C16H28N6O2.HI/c1-16(2,3)20-14(23)9-18-15(17-4)22-6-7-24-13(11-22)12-8-19-21(5)10-12;/h8,10,13H,6-7,9,11H2,1-5H3,(H,17,18)(H,20,23);1H. The molecule has 1 aliphatic heterocycles. The molecule has 0 radical (unpaired) electrons. The van der Waals surface area contributed by atoms with Crippen LogP contribution in [-0.4, -0.2) is 65.4 Å². The third-order valence-electron chi connectivity index (χ3n) is 3.60. The molecule has 1 saturated heterocycles. The second-order valence-electron chi connectivity index (χ2n) is 6.95. The van der Waals surface area contributed by atoms with Gasteiger partial charge in [0, 0.05) is 37.9 Å². The number of aromatic nitrogens is 2. The van der Waals surface area contributed by atoms with Crippen LogP contribution in [0.1, 0.15) is 32.4 Å². The van der Waals surface area contributed by atoms with Gasteiger partial charge in [-0.15, -0.1) is 24.0 Å². The molecule has 1 amide bonds. The number of rotatable bonds is 3. The average molecular weight is 464 g/mol. The summed E-state index contributed by atoms with van der Waals surface area (Å²) in [6, 6.07) is 0. The quantitative estimate of drug-likeness (QED) is 0.395. The van der Waals surface area contributed by atoms with E-state index in [2.05, 4.69) is 25.6 Å². The van der Waals surface area contributed by atoms with Crippen molar-refractivity contribution in [3.05, 3.63) is 18.0 Å². The Kier molecular flexibility index (Phi) is 8.13. The van der Waals surface area contributed by atoms with Gasteiger partial charge in [-0.05, 0) is 20.8 Å². The molecule has 2 rings (SSSR count). The first-order valence-corrected chi connectivity index (χ1v) is 8.15. The zero-order chi connectivity index (χ0) is 17.7. The summed E-state index contributed by atoms with van der Waals surface area (Å²) in [4.78, 5) is 18.4. The number of carbonyl (C=O) groups excluding carboxylic acids is 1. The largest absolute Gasteiger partial charge is 0.370 e. The third-order valence-corrected chi connectivity index (χ3v) is 3.60. The van der Waals surface area contributed by atoms with E-state index >= 15 is 0 Å². The Morgan fingerprint density at radius 2 is 2.20 bits per heavy atom. The number of hydrogen-bond acceptors (Lipinski definition) is 4. The van der Waals surface area contributed by atoms with Crippen LogP contribution in [0.4, 0.5) is 0 Å². The van der Waals surface area contributed by atoms with Crippen LogP contribution in [0.25, 0.3) is 0 Å². The third kappa shape index (κ3) is 6.81. The minimum Gasteiger partial charge on any atom is -0.370 e. The summed E-state index contributed by atoms with van der Waals surface area (Å²) in [7, 11) is 3.61. The van der Waals surface area contributed by atoms with Crippen LogP contribution in [0, 0.1) is 0 Å². The molecule has 8 nitrogen and oxygen atoms in total. The van der Waals surface area contributed by atoms with Crippen molar-refractivity contribution >= 4 is 35.8 Å². The first kappa shape index (κ1) is 21.7. The number of nitrogens with one attached hydrogen (secondary N) is 2. The van der Waals surface area contributed by atoms with Gasteiger partial charge in [0.05, 0.1) is 25.9 Å². The highest BCUT2D eigenvalue weighted by atomic mass is 127. The molecule has 1 aromatic heterocycles. The minimum absolute atomic E-state index is 0. The van der Waals surface area contributed by atoms with E-state index in [-0.39, 0.29) is 48.1 Å². The van der Waals surface area contributed by atoms with Gasteiger partial charge in [0.2, 0.25) is 5.91 Å². The summed E-state index contributed by atoms with van der Waals surface area (Å²) in [5.41, 5.74) is 0.801. The molecule has 0 bridgehead atoms. The number of halogens is 1. The molecule has 2 N–H and O–H groups in total. The van der Waals surface area contributed by atoms with Crippen LogP contribution in [0.3, 0.4) is 0 Å². The molecule has 1 aromatic rings. The molecule has 2 heterocycles. The highest BCUT2D eigenvalue weighted by Crippen LogP contribution is 2.21. The Bertz CT molecular complexity index is 596. The molecule has 9 heteroatoms. The lowest BCUT2D eigenvalue weighted by Crippen LogP contribution is -2.51. The lowest BCUT2D eigenvalue weighted by Gasteiger charge is -2.34. The number of carbonyl (C=O) groups is 1. The Hall–Kier alpha value is -1.36. The number of hydrogen-bond donors (Lipinski definition) is 2. The SMILES string of the molecule is CN=C(NCC(=O)NC(C)(C)C)N1CCOC(c2cnn(C)c2)C1.I. The van der Waals surface area contributed by atoms with E-state index in [1.54, 1.807) is 11.7 Å². The van der Waals surface area contributed by atoms with Crippen molar-refractivity contribution < 1.29 is 9.53 Å². The van der Waals surface area contributed by atoms with Gasteiger partial charge in [-0.3, -0.25) is 14.5 Å². The average Bonchev–Trinajstić information content (AvgIpc) is 2.93. The van der Waals surface area contributed by atoms with Crippen molar-refractivity contribution in [2.45, 2.75) is 32.4 Å². The maximum absolute atomic E-state index is 12.0. The van der Waals surface area contributed by atoms with E-state index in [9.17, 15) is 4.79 Å². The van der Waals surface area contributed by atoms with Crippen LogP contribution in [0.15, 0.2) is 17.4 Å². The molecule has 0 spiro atoms. The molecule has 0 saturated carbocycles. The van der Waals surface area contributed by atoms with E-state index in [4.69, 9.17) is 4.74 Å². The first-order valence-electron chi connectivity index (χ1n) is 8.15. The fourth-order valence-corrected chi connectivity index (χ4v) is 2.60. The maximum Gasteiger partial charge on any atom is 0.239 e. The smallest absolute Gasteiger partial charge is 0.239 e. The number of nitrogens with zero attached hydrogens (tertiary/aromatic N) is 4. The molecule has 25 heavy (non-hydrogen) atoms. The fraction of sp³-hybridized carbons (Fsp3) is 0.688. The van der Waals surface area contributed by atoms with E-state index < -0.39 is 0 Å². The van der Waals surface area contributed by atoms with Crippen LogP contribution in [0.5, 0.6) is 0 Å². The van der Waals surface area contributed by atoms with Crippen molar-refractivity contribution in [3.8, 4) is 0 Å². The Morgan fingerprint density at radius 1 is 1.48 bits per heavy atom. The number of aryl methyl sites for hydroxylation is 1. The summed E-state index contributed by atoms with van der Waals surface area (Å²) < 4.78 is 7.60. The summed E-state index contributed by atoms with van der Waals surface area (Å²) in [5.74, 6) is 0.650. The van der Waals surface area contributed by atoms with Crippen LogP contribution in [0.2, 0.25) is 0 Å². The van der Waals surface area contributed by atoms with Gasteiger partial charge < -0.3 is 20.3 Å². The maximum atomic E-state index is 12.0.